The van der Waals surface area contributed by atoms with E-state index in [2.05, 4.69) is 78.9 Å². The molecule has 0 fully saturated rings. The Bertz CT molecular complexity index is 603. The third-order valence-corrected chi connectivity index (χ3v) is 4.41. The summed E-state index contributed by atoms with van der Waals surface area (Å²) >= 11 is 1.81. The number of fused-ring (bicyclic) bond motifs is 1. The second kappa shape index (κ2) is 5.63. The van der Waals surface area contributed by atoms with Gasteiger partial charge in [-0.2, -0.15) is 0 Å². The maximum absolute atomic E-state index is 3.45. The van der Waals surface area contributed by atoms with E-state index < -0.39 is 0 Å². The van der Waals surface area contributed by atoms with Gasteiger partial charge in [0.2, 0.25) is 0 Å². The predicted molar refractivity (Wildman–Crippen MR) is 88.5 cm³/mol. The number of nitrogens with zero attached hydrogens (tertiary/aromatic N) is 1. The average Bonchev–Trinajstić information content (AvgIpc) is 2.88. The molecule has 0 amide bonds. The number of para-hydroxylation sites is 1. The van der Waals surface area contributed by atoms with Crippen LogP contribution in [0.4, 0.5) is 11.4 Å². The number of allylic oxidation sites excluding steroid dienone is 1. The lowest BCUT2D eigenvalue weighted by Gasteiger charge is -2.12. The summed E-state index contributed by atoms with van der Waals surface area (Å²) in [6.07, 6.45) is 3.21. The lowest BCUT2D eigenvalue weighted by Crippen LogP contribution is -2.08. The van der Waals surface area contributed by atoms with Crippen LogP contribution in [0.15, 0.2) is 64.5 Å². The molecule has 0 aromatic heterocycles. The van der Waals surface area contributed by atoms with Crippen LogP contribution < -0.4 is 10.2 Å². The Morgan fingerprint density at radius 1 is 1.05 bits per heavy atom. The average molecular weight is 282 g/mol. The van der Waals surface area contributed by atoms with E-state index >= 15 is 0 Å². The van der Waals surface area contributed by atoms with E-state index in [1.165, 1.54) is 26.9 Å². The number of thioether (sulfide) groups is 1. The summed E-state index contributed by atoms with van der Waals surface area (Å²) in [6.45, 7) is 0. The number of nitrogens with one attached hydrogen (secondary N) is 1. The third-order valence-electron chi connectivity index (χ3n) is 3.34. The second-order valence-corrected chi connectivity index (χ2v) is 6.14. The van der Waals surface area contributed by atoms with Crippen molar-refractivity contribution >= 4 is 23.1 Å². The number of anilines is 2. The van der Waals surface area contributed by atoms with Crippen LogP contribution in [0, 0.1) is 0 Å². The molecule has 2 nitrogen and oxygen atoms in total. The molecule has 1 heterocycles. The summed E-state index contributed by atoms with van der Waals surface area (Å²) in [5.41, 5.74) is 3.79. The highest BCUT2D eigenvalue weighted by molar-refractivity contribution is 8.03. The predicted octanol–water partition coefficient (Wildman–Crippen LogP) is 4.35. The van der Waals surface area contributed by atoms with Gasteiger partial charge in [-0.25, -0.2) is 0 Å². The van der Waals surface area contributed by atoms with Gasteiger partial charge < -0.3 is 10.2 Å². The van der Waals surface area contributed by atoms with Crippen molar-refractivity contribution in [3.8, 4) is 0 Å². The van der Waals surface area contributed by atoms with Crippen LogP contribution in [0.1, 0.15) is 5.56 Å². The van der Waals surface area contributed by atoms with E-state index in [4.69, 9.17) is 0 Å². The zero-order valence-electron chi connectivity index (χ0n) is 11.8. The monoisotopic (exact) mass is 282 g/mol. The van der Waals surface area contributed by atoms with Gasteiger partial charge in [0, 0.05) is 24.7 Å². The summed E-state index contributed by atoms with van der Waals surface area (Å²) in [4.78, 5) is 3.43. The van der Waals surface area contributed by atoms with Gasteiger partial charge in [-0.3, -0.25) is 0 Å². The topological polar surface area (TPSA) is 15.3 Å². The van der Waals surface area contributed by atoms with Gasteiger partial charge >= 0.3 is 0 Å². The molecule has 0 atom stereocenters. The molecular formula is C17H18N2S. The van der Waals surface area contributed by atoms with Crippen LogP contribution in [-0.2, 0) is 6.42 Å². The smallest absolute Gasteiger partial charge is 0.0737 e. The molecule has 0 bridgehead atoms. The third kappa shape index (κ3) is 2.83. The number of rotatable bonds is 3. The molecule has 0 saturated heterocycles. The molecule has 2 aromatic carbocycles. The highest BCUT2D eigenvalue weighted by Gasteiger charge is 2.13. The Labute approximate surface area is 124 Å². The SMILES string of the molecule is CN(C)c1ccc(CC=C2Nc3ccccc3S2)cc1. The van der Waals surface area contributed by atoms with Crippen LogP contribution >= 0.6 is 11.8 Å². The molecule has 20 heavy (non-hydrogen) atoms. The molecule has 0 spiro atoms. The summed E-state index contributed by atoms with van der Waals surface area (Å²) in [5, 5.41) is 4.68. The van der Waals surface area contributed by atoms with Gasteiger partial charge in [0.15, 0.2) is 0 Å². The molecular weight excluding hydrogens is 264 g/mol. The molecule has 3 rings (SSSR count). The Morgan fingerprint density at radius 3 is 2.50 bits per heavy atom. The van der Waals surface area contributed by atoms with Crippen molar-refractivity contribution in [2.24, 2.45) is 0 Å². The van der Waals surface area contributed by atoms with Crippen LogP contribution in [0.2, 0.25) is 0 Å². The van der Waals surface area contributed by atoms with Gasteiger partial charge in [-0.1, -0.05) is 36.0 Å². The lowest BCUT2D eigenvalue weighted by atomic mass is 10.1. The number of hydrogen-bond donors (Lipinski definition) is 1. The second-order valence-electron chi connectivity index (χ2n) is 5.06. The molecule has 1 aliphatic rings. The van der Waals surface area contributed by atoms with Gasteiger partial charge in [-0.05, 0) is 42.3 Å². The highest BCUT2D eigenvalue weighted by Crippen LogP contribution is 2.40. The van der Waals surface area contributed by atoms with Crippen molar-refractivity contribution < 1.29 is 0 Å². The van der Waals surface area contributed by atoms with E-state index in [-0.39, 0.29) is 0 Å². The fourth-order valence-corrected chi connectivity index (χ4v) is 3.11. The van der Waals surface area contributed by atoms with E-state index in [1.54, 1.807) is 11.8 Å². The molecule has 2 aromatic rings. The molecule has 0 aliphatic carbocycles. The zero-order valence-corrected chi connectivity index (χ0v) is 12.6. The first kappa shape index (κ1) is 13.1. The normalized spacial score (nSPS) is 15.0. The van der Waals surface area contributed by atoms with Crippen molar-refractivity contribution in [2.75, 3.05) is 24.3 Å². The van der Waals surface area contributed by atoms with E-state index in [9.17, 15) is 0 Å². The summed E-state index contributed by atoms with van der Waals surface area (Å²) in [6, 6.07) is 17.1. The van der Waals surface area contributed by atoms with E-state index in [0.717, 1.165) is 6.42 Å². The Kier molecular flexibility index (Phi) is 3.70. The Balaban J connectivity index is 1.67. The molecule has 0 unspecified atom stereocenters. The fourth-order valence-electron chi connectivity index (χ4n) is 2.17. The minimum absolute atomic E-state index is 0.955. The van der Waals surface area contributed by atoms with Crippen molar-refractivity contribution in [2.45, 2.75) is 11.3 Å². The lowest BCUT2D eigenvalue weighted by molar-refractivity contribution is 1.12. The van der Waals surface area contributed by atoms with Crippen molar-refractivity contribution in [1.29, 1.82) is 0 Å². The molecule has 1 aliphatic heterocycles. The van der Waals surface area contributed by atoms with Crippen LogP contribution in [-0.4, -0.2) is 14.1 Å². The van der Waals surface area contributed by atoms with Crippen molar-refractivity contribution in [3.05, 3.63) is 65.2 Å². The summed E-state index contributed by atoms with van der Waals surface area (Å²) < 4.78 is 0. The summed E-state index contributed by atoms with van der Waals surface area (Å²) in [7, 11) is 4.13. The quantitative estimate of drug-likeness (QED) is 0.900. The maximum Gasteiger partial charge on any atom is 0.0737 e. The van der Waals surface area contributed by atoms with Gasteiger partial charge in [0.25, 0.3) is 0 Å². The van der Waals surface area contributed by atoms with E-state index in [1.807, 2.05) is 0 Å². The van der Waals surface area contributed by atoms with Crippen molar-refractivity contribution in [3.63, 3.8) is 0 Å². The minimum Gasteiger partial charge on any atom is -0.378 e. The van der Waals surface area contributed by atoms with Crippen molar-refractivity contribution in [1.82, 2.24) is 0 Å². The van der Waals surface area contributed by atoms with E-state index in [0.29, 0.717) is 0 Å². The van der Waals surface area contributed by atoms with Crippen LogP contribution in [0.25, 0.3) is 0 Å². The summed E-state index contributed by atoms with van der Waals surface area (Å²) in [5.74, 6) is 0. The molecule has 1 N–H and O–H groups in total. The fraction of sp³-hybridized carbons (Fsp3) is 0.176. The highest BCUT2D eigenvalue weighted by atomic mass is 32.2. The maximum atomic E-state index is 3.45. The first-order valence-electron chi connectivity index (χ1n) is 6.73. The Hall–Kier alpha value is -1.87. The first-order valence-corrected chi connectivity index (χ1v) is 7.54. The minimum atomic E-state index is 0.955. The van der Waals surface area contributed by atoms with Gasteiger partial charge in [0.1, 0.15) is 0 Å². The molecule has 102 valence electrons. The molecule has 3 heteroatoms. The largest absolute Gasteiger partial charge is 0.378 e. The van der Waals surface area contributed by atoms with Gasteiger partial charge in [0.05, 0.1) is 10.7 Å². The number of hydrogen-bond acceptors (Lipinski definition) is 3. The molecule has 0 saturated carbocycles. The first-order chi connectivity index (χ1) is 9.72. The zero-order chi connectivity index (χ0) is 13.9. The van der Waals surface area contributed by atoms with Gasteiger partial charge in [-0.15, -0.1) is 0 Å². The number of benzene rings is 2. The standard InChI is InChI=1S/C17H18N2S/c1-19(2)14-10-7-13(8-11-14)9-12-17-18-15-5-3-4-6-16(15)20-17/h3-8,10-12,18H,9H2,1-2H3. The Morgan fingerprint density at radius 2 is 1.80 bits per heavy atom. The van der Waals surface area contributed by atoms with Crippen LogP contribution in [0.3, 0.4) is 0 Å². The van der Waals surface area contributed by atoms with Crippen LogP contribution in [0.5, 0.6) is 0 Å². The molecule has 0 radical (unpaired) electrons.